The number of ether oxygens (including phenoxy) is 3. The maximum Gasteiger partial charge on any atom is 0.387 e. The molecule has 6 nitrogen and oxygen atoms in total. The van der Waals surface area contributed by atoms with Gasteiger partial charge in [0.1, 0.15) is 5.75 Å². The fourth-order valence-electron chi connectivity index (χ4n) is 2.08. The molecule has 2 N–H and O–H groups in total. The molecular formula is C17H18F2N2O4. The van der Waals surface area contributed by atoms with Gasteiger partial charge in [-0.15, -0.1) is 0 Å². The number of urea groups is 1. The summed E-state index contributed by atoms with van der Waals surface area (Å²) in [6.07, 6.45) is 0. The standard InChI is InChI=1S/C17H18F2N2O4/c1-23-13-5-3-4-11(8-13)10-20-17(22)21-12-6-7-14(24-2)15(9-12)25-16(18)19/h3-9,16H,10H2,1-2H3,(H2,20,21,22). The number of halogens is 2. The summed E-state index contributed by atoms with van der Waals surface area (Å²) in [5, 5.41) is 5.21. The van der Waals surface area contributed by atoms with E-state index in [0.29, 0.717) is 11.4 Å². The minimum atomic E-state index is -2.99. The van der Waals surface area contributed by atoms with E-state index in [-0.39, 0.29) is 18.0 Å². The van der Waals surface area contributed by atoms with E-state index in [2.05, 4.69) is 15.4 Å². The van der Waals surface area contributed by atoms with E-state index in [1.807, 2.05) is 12.1 Å². The molecule has 0 unspecified atom stereocenters. The lowest BCUT2D eigenvalue weighted by atomic mass is 10.2. The first-order valence-electron chi connectivity index (χ1n) is 7.32. The maximum atomic E-state index is 12.4. The lowest BCUT2D eigenvalue weighted by Gasteiger charge is -2.13. The molecule has 0 saturated carbocycles. The largest absolute Gasteiger partial charge is 0.497 e. The van der Waals surface area contributed by atoms with Crippen molar-refractivity contribution in [2.75, 3.05) is 19.5 Å². The molecule has 8 heteroatoms. The van der Waals surface area contributed by atoms with Gasteiger partial charge in [0.15, 0.2) is 11.5 Å². The molecule has 0 atom stereocenters. The molecule has 0 heterocycles. The van der Waals surface area contributed by atoms with Crippen molar-refractivity contribution >= 4 is 11.7 Å². The van der Waals surface area contributed by atoms with Gasteiger partial charge in [-0.2, -0.15) is 8.78 Å². The van der Waals surface area contributed by atoms with E-state index in [4.69, 9.17) is 9.47 Å². The number of hydrogen-bond donors (Lipinski definition) is 2. The SMILES string of the molecule is COc1cccc(CNC(=O)Nc2ccc(OC)c(OC(F)F)c2)c1. The van der Waals surface area contributed by atoms with Gasteiger partial charge in [0.05, 0.1) is 14.2 Å². The zero-order valence-electron chi connectivity index (χ0n) is 13.7. The Morgan fingerprint density at radius 1 is 1.08 bits per heavy atom. The number of benzene rings is 2. The monoisotopic (exact) mass is 352 g/mol. The Balaban J connectivity index is 1.97. The Morgan fingerprint density at radius 3 is 2.56 bits per heavy atom. The second kappa shape index (κ2) is 8.72. The van der Waals surface area contributed by atoms with Crippen LogP contribution in [0.2, 0.25) is 0 Å². The second-order valence-corrected chi connectivity index (χ2v) is 4.90. The van der Waals surface area contributed by atoms with Crippen LogP contribution in [-0.2, 0) is 6.54 Å². The Hall–Kier alpha value is -3.03. The van der Waals surface area contributed by atoms with Crippen molar-refractivity contribution in [2.24, 2.45) is 0 Å². The van der Waals surface area contributed by atoms with Crippen LogP contribution in [0.1, 0.15) is 5.56 Å². The summed E-state index contributed by atoms with van der Waals surface area (Å²) in [7, 11) is 2.89. The fourth-order valence-corrected chi connectivity index (χ4v) is 2.08. The Labute approximate surface area is 143 Å². The molecule has 0 bridgehead atoms. The highest BCUT2D eigenvalue weighted by Crippen LogP contribution is 2.31. The Morgan fingerprint density at radius 2 is 1.88 bits per heavy atom. The fraction of sp³-hybridized carbons (Fsp3) is 0.235. The maximum absolute atomic E-state index is 12.4. The Kier molecular flexibility index (Phi) is 6.39. The minimum absolute atomic E-state index is 0.141. The molecule has 2 aromatic rings. The van der Waals surface area contributed by atoms with E-state index >= 15 is 0 Å². The van der Waals surface area contributed by atoms with E-state index in [1.165, 1.54) is 25.3 Å². The molecule has 0 radical (unpaired) electrons. The van der Waals surface area contributed by atoms with Crippen molar-refractivity contribution in [1.29, 1.82) is 0 Å². The molecule has 0 spiro atoms. The second-order valence-electron chi connectivity index (χ2n) is 4.90. The first-order valence-corrected chi connectivity index (χ1v) is 7.32. The van der Waals surface area contributed by atoms with Crippen LogP contribution in [0.15, 0.2) is 42.5 Å². The van der Waals surface area contributed by atoms with Gasteiger partial charge in [-0.25, -0.2) is 4.79 Å². The van der Waals surface area contributed by atoms with Crippen LogP contribution >= 0.6 is 0 Å². The highest BCUT2D eigenvalue weighted by atomic mass is 19.3. The zero-order chi connectivity index (χ0) is 18.2. The number of carbonyl (C=O) groups is 1. The first-order chi connectivity index (χ1) is 12.0. The molecule has 134 valence electrons. The predicted molar refractivity (Wildman–Crippen MR) is 88.5 cm³/mol. The van der Waals surface area contributed by atoms with E-state index in [0.717, 1.165) is 5.56 Å². The molecule has 2 rings (SSSR count). The third-order valence-electron chi connectivity index (χ3n) is 3.22. The minimum Gasteiger partial charge on any atom is -0.497 e. The predicted octanol–water partition coefficient (Wildman–Crippen LogP) is 3.63. The van der Waals surface area contributed by atoms with Crippen molar-refractivity contribution in [2.45, 2.75) is 13.2 Å². The van der Waals surface area contributed by atoms with Crippen molar-refractivity contribution < 1.29 is 27.8 Å². The molecule has 25 heavy (non-hydrogen) atoms. The van der Waals surface area contributed by atoms with Crippen molar-refractivity contribution in [3.8, 4) is 17.2 Å². The van der Waals surface area contributed by atoms with Crippen molar-refractivity contribution in [3.05, 3.63) is 48.0 Å². The summed E-state index contributed by atoms with van der Waals surface area (Å²) in [5.74, 6) is 0.661. The summed E-state index contributed by atoms with van der Waals surface area (Å²) in [6, 6.07) is 11.0. The molecule has 2 amide bonds. The van der Waals surface area contributed by atoms with Gasteiger partial charge in [-0.05, 0) is 29.8 Å². The molecule has 0 aliphatic carbocycles. The average Bonchev–Trinajstić information content (AvgIpc) is 2.60. The van der Waals surface area contributed by atoms with Gasteiger partial charge in [0.25, 0.3) is 0 Å². The van der Waals surface area contributed by atoms with Crippen LogP contribution in [0.5, 0.6) is 17.2 Å². The van der Waals surface area contributed by atoms with E-state index in [9.17, 15) is 13.6 Å². The van der Waals surface area contributed by atoms with Crippen LogP contribution in [-0.4, -0.2) is 26.9 Å². The van der Waals surface area contributed by atoms with Gasteiger partial charge in [-0.1, -0.05) is 12.1 Å². The van der Waals surface area contributed by atoms with Gasteiger partial charge in [-0.3, -0.25) is 0 Å². The lowest BCUT2D eigenvalue weighted by molar-refractivity contribution is -0.0511. The summed E-state index contributed by atoms with van der Waals surface area (Å²) in [5.41, 5.74) is 1.14. The van der Waals surface area contributed by atoms with Gasteiger partial charge in [0, 0.05) is 18.3 Å². The number of rotatable bonds is 7. The first kappa shape index (κ1) is 18.3. The molecule has 0 aliphatic heterocycles. The number of carbonyl (C=O) groups excluding carboxylic acids is 1. The highest BCUT2D eigenvalue weighted by Gasteiger charge is 2.12. The Bertz CT molecular complexity index is 726. The van der Waals surface area contributed by atoms with Crippen LogP contribution < -0.4 is 24.8 Å². The van der Waals surface area contributed by atoms with E-state index < -0.39 is 12.6 Å². The van der Waals surface area contributed by atoms with Gasteiger partial charge >= 0.3 is 12.6 Å². The molecule has 2 aromatic carbocycles. The van der Waals surface area contributed by atoms with Crippen LogP contribution in [0.25, 0.3) is 0 Å². The number of hydrogen-bond acceptors (Lipinski definition) is 4. The van der Waals surface area contributed by atoms with Gasteiger partial charge in [0.2, 0.25) is 0 Å². The van der Waals surface area contributed by atoms with E-state index in [1.54, 1.807) is 19.2 Å². The lowest BCUT2D eigenvalue weighted by Crippen LogP contribution is -2.28. The normalized spacial score (nSPS) is 10.3. The smallest absolute Gasteiger partial charge is 0.387 e. The molecule has 0 aliphatic rings. The number of nitrogens with one attached hydrogen (secondary N) is 2. The zero-order valence-corrected chi connectivity index (χ0v) is 13.7. The van der Waals surface area contributed by atoms with Crippen LogP contribution in [0.3, 0.4) is 0 Å². The summed E-state index contributed by atoms with van der Waals surface area (Å²) >= 11 is 0. The van der Waals surface area contributed by atoms with Crippen LogP contribution in [0, 0.1) is 0 Å². The topological polar surface area (TPSA) is 68.8 Å². The number of anilines is 1. The molecular weight excluding hydrogens is 334 g/mol. The van der Waals surface area contributed by atoms with Crippen molar-refractivity contribution in [1.82, 2.24) is 5.32 Å². The average molecular weight is 352 g/mol. The highest BCUT2D eigenvalue weighted by molar-refractivity contribution is 5.89. The number of amides is 2. The third-order valence-corrected chi connectivity index (χ3v) is 3.22. The summed E-state index contributed by atoms with van der Waals surface area (Å²) < 4.78 is 39.2. The van der Waals surface area contributed by atoms with Crippen molar-refractivity contribution in [3.63, 3.8) is 0 Å². The molecule has 0 aromatic heterocycles. The van der Waals surface area contributed by atoms with Crippen LogP contribution in [0.4, 0.5) is 19.3 Å². The quantitative estimate of drug-likeness (QED) is 0.798. The summed E-state index contributed by atoms with van der Waals surface area (Å²) in [4.78, 5) is 12.0. The number of methoxy groups -OCH3 is 2. The number of alkyl halides is 2. The molecule has 0 saturated heterocycles. The summed E-state index contributed by atoms with van der Waals surface area (Å²) in [6.45, 7) is -2.72. The molecule has 0 fully saturated rings. The third kappa shape index (κ3) is 5.52. The van der Waals surface area contributed by atoms with Gasteiger partial charge < -0.3 is 24.8 Å².